The highest BCUT2D eigenvalue weighted by molar-refractivity contribution is 9.10. The molecule has 0 radical (unpaired) electrons. The van der Waals surface area contributed by atoms with Gasteiger partial charge in [-0.1, -0.05) is 38.3 Å². The van der Waals surface area contributed by atoms with Gasteiger partial charge < -0.3 is 5.11 Å². The minimum Gasteiger partial charge on any atom is -0.389 e. The molecule has 1 rings (SSSR count). The molecule has 16 heavy (non-hydrogen) atoms. The van der Waals surface area contributed by atoms with Crippen LogP contribution in [0, 0.1) is 0 Å². The van der Waals surface area contributed by atoms with Gasteiger partial charge in [0.1, 0.15) is 0 Å². The highest BCUT2D eigenvalue weighted by atomic mass is 79.9. The summed E-state index contributed by atoms with van der Waals surface area (Å²) in [6, 6.07) is 1.92. The number of nitrogens with zero attached hydrogens (tertiary/aromatic N) is 1. The van der Waals surface area contributed by atoms with Gasteiger partial charge in [-0.05, 0) is 34.0 Å². The smallest absolute Gasteiger partial charge is 0.0724 e. The summed E-state index contributed by atoms with van der Waals surface area (Å²) >= 11 is 3.41. The fourth-order valence-corrected chi connectivity index (χ4v) is 1.82. The number of halogens is 1. The number of hydrogen-bond donors (Lipinski definition) is 1. The van der Waals surface area contributed by atoms with Crippen LogP contribution in [0.2, 0.25) is 0 Å². The Hall–Kier alpha value is -0.670. The molecule has 3 heteroatoms. The van der Waals surface area contributed by atoms with Crippen LogP contribution in [0.5, 0.6) is 0 Å². The minimum atomic E-state index is -0.341. The van der Waals surface area contributed by atoms with Crippen molar-refractivity contribution in [3.05, 3.63) is 34.6 Å². The molecule has 1 aromatic heterocycles. The van der Waals surface area contributed by atoms with Crippen molar-refractivity contribution in [2.24, 2.45) is 0 Å². The van der Waals surface area contributed by atoms with Crippen molar-refractivity contribution in [3.63, 3.8) is 0 Å². The molecule has 0 aliphatic heterocycles. The van der Waals surface area contributed by atoms with Gasteiger partial charge in [0.05, 0.1) is 6.10 Å². The summed E-state index contributed by atoms with van der Waals surface area (Å²) in [5, 5.41) is 9.71. The maximum absolute atomic E-state index is 9.71. The first-order valence-corrected chi connectivity index (χ1v) is 6.49. The Morgan fingerprint density at radius 1 is 1.50 bits per heavy atom. The van der Waals surface area contributed by atoms with Gasteiger partial charge >= 0.3 is 0 Å². The van der Waals surface area contributed by atoms with E-state index < -0.39 is 0 Å². The number of rotatable bonds is 6. The van der Waals surface area contributed by atoms with Crippen LogP contribution in [0.1, 0.15) is 38.2 Å². The summed E-state index contributed by atoms with van der Waals surface area (Å²) in [7, 11) is 0. The third-order valence-corrected chi connectivity index (χ3v) is 3.07. The second-order valence-electron chi connectivity index (χ2n) is 3.82. The maximum Gasteiger partial charge on any atom is 0.0724 e. The number of aromatic nitrogens is 1. The molecule has 1 atom stereocenters. The molecule has 1 heterocycles. The van der Waals surface area contributed by atoms with Crippen molar-refractivity contribution in [1.82, 2.24) is 4.98 Å². The number of aliphatic hydroxyl groups excluding tert-OH is 1. The zero-order chi connectivity index (χ0) is 11.8. The average Bonchev–Trinajstić information content (AvgIpc) is 2.28. The van der Waals surface area contributed by atoms with E-state index in [1.165, 1.54) is 12.8 Å². The van der Waals surface area contributed by atoms with E-state index in [-0.39, 0.29) is 6.10 Å². The predicted octanol–water partition coefficient (Wildman–Crippen LogP) is 3.80. The van der Waals surface area contributed by atoms with Crippen molar-refractivity contribution in [1.29, 1.82) is 0 Å². The van der Waals surface area contributed by atoms with E-state index in [0.29, 0.717) is 0 Å². The Kier molecular flexibility index (Phi) is 6.34. The summed E-state index contributed by atoms with van der Waals surface area (Å²) in [5.74, 6) is 0. The molecule has 88 valence electrons. The van der Waals surface area contributed by atoms with Crippen LogP contribution in [-0.2, 0) is 0 Å². The van der Waals surface area contributed by atoms with E-state index in [1.54, 1.807) is 12.4 Å². The van der Waals surface area contributed by atoms with Crippen LogP contribution in [-0.4, -0.2) is 16.2 Å². The van der Waals surface area contributed by atoms with Gasteiger partial charge in [-0.3, -0.25) is 4.98 Å². The zero-order valence-corrected chi connectivity index (χ0v) is 11.2. The lowest BCUT2D eigenvalue weighted by molar-refractivity contribution is 0.209. The molecule has 0 bridgehead atoms. The van der Waals surface area contributed by atoms with Crippen LogP contribution in [0.4, 0.5) is 0 Å². The highest BCUT2D eigenvalue weighted by Crippen LogP contribution is 2.16. The highest BCUT2D eigenvalue weighted by Gasteiger charge is 1.99. The average molecular weight is 284 g/mol. The zero-order valence-electron chi connectivity index (χ0n) is 9.56. The molecule has 0 aromatic carbocycles. The summed E-state index contributed by atoms with van der Waals surface area (Å²) in [6.45, 7) is 2.16. The van der Waals surface area contributed by atoms with Gasteiger partial charge in [0.15, 0.2) is 0 Å². The fraction of sp³-hybridized carbons (Fsp3) is 0.462. The molecule has 0 amide bonds. The molecule has 1 aromatic rings. The van der Waals surface area contributed by atoms with Gasteiger partial charge in [-0.2, -0.15) is 0 Å². The maximum atomic E-state index is 9.71. The third-order valence-electron chi connectivity index (χ3n) is 2.41. The summed E-state index contributed by atoms with van der Waals surface area (Å²) in [5.41, 5.74) is 1.05. The first kappa shape index (κ1) is 13.4. The summed E-state index contributed by atoms with van der Waals surface area (Å²) in [4.78, 5) is 3.99. The quantitative estimate of drug-likeness (QED) is 0.806. The van der Waals surface area contributed by atoms with E-state index >= 15 is 0 Å². The predicted molar refractivity (Wildman–Crippen MR) is 71.1 cm³/mol. The Bertz CT molecular complexity index is 338. The molecule has 0 saturated carbocycles. The van der Waals surface area contributed by atoms with Gasteiger partial charge in [0, 0.05) is 16.9 Å². The Balaban J connectivity index is 2.44. The SMILES string of the molecule is CCCCCC(O)/C=C/c1ccncc1Br. The lowest BCUT2D eigenvalue weighted by Gasteiger charge is -2.04. The fourth-order valence-electron chi connectivity index (χ4n) is 1.44. The molecule has 0 aliphatic rings. The second kappa shape index (κ2) is 7.58. The first-order valence-electron chi connectivity index (χ1n) is 5.69. The van der Waals surface area contributed by atoms with Gasteiger partial charge in [-0.15, -0.1) is 0 Å². The normalized spacial score (nSPS) is 13.2. The van der Waals surface area contributed by atoms with E-state index in [0.717, 1.165) is 22.9 Å². The number of pyridine rings is 1. The van der Waals surface area contributed by atoms with Gasteiger partial charge in [0.25, 0.3) is 0 Å². The molecule has 0 fully saturated rings. The summed E-state index contributed by atoms with van der Waals surface area (Å²) in [6.07, 6.45) is 11.2. The molecule has 0 saturated heterocycles. The van der Waals surface area contributed by atoms with Crippen molar-refractivity contribution >= 4 is 22.0 Å². The molecular weight excluding hydrogens is 266 g/mol. The Morgan fingerprint density at radius 2 is 2.31 bits per heavy atom. The molecular formula is C13H18BrNO. The van der Waals surface area contributed by atoms with Crippen LogP contribution in [0.3, 0.4) is 0 Å². The standard InChI is InChI=1S/C13H18BrNO/c1-2-3-4-5-12(16)7-6-11-8-9-15-10-13(11)14/h6-10,12,16H,2-5H2,1H3/b7-6+. The third kappa shape index (κ3) is 4.90. The van der Waals surface area contributed by atoms with Crippen LogP contribution in [0.25, 0.3) is 6.08 Å². The van der Waals surface area contributed by atoms with E-state index in [9.17, 15) is 5.11 Å². The van der Waals surface area contributed by atoms with Gasteiger partial charge in [0.2, 0.25) is 0 Å². The van der Waals surface area contributed by atoms with E-state index in [1.807, 2.05) is 18.2 Å². The lowest BCUT2D eigenvalue weighted by atomic mass is 10.1. The molecule has 1 unspecified atom stereocenters. The largest absolute Gasteiger partial charge is 0.389 e. The molecule has 0 aliphatic carbocycles. The van der Waals surface area contributed by atoms with E-state index in [4.69, 9.17) is 0 Å². The monoisotopic (exact) mass is 283 g/mol. The number of aliphatic hydroxyl groups is 1. The first-order chi connectivity index (χ1) is 7.74. The Morgan fingerprint density at radius 3 is 3.00 bits per heavy atom. The van der Waals surface area contributed by atoms with Crippen molar-refractivity contribution in [2.75, 3.05) is 0 Å². The van der Waals surface area contributed by atoms with Crippen molar-refractivity contribution in [3.8, 4) is 0 Å². The minimum absolute atomic E-state index is 0.341. The van der Waals surface area contributed by atoms with Crippen LogP contribution < -0.4 is 0 Å². The molecule has 1 N–H and O–H groups in total. The molecule has 2 nitrogen and oxygen atoms in total. The second-order valence-corrected chi connectivity index (χ2v) is 4.67. The lowest BCUT2D eigenvalue weighted by Crippen LogP contribution is -2.01. The topological polar surface area (TPSA) is 33.1 Å². The van der Waals surface area contributed by atoms with Crippen LogP contribution in [0.15, 0.2) is 29.0 Å². The summed E-state index contributed by atoms with van der Waals surface area (Å²) < 4.78 is 0.951. The number of hydrogen-bond acceptors (Lipinski definition) is 2. The van der Waals surface area contributed by atoms with Crippen molar-refractivity contribution < 1.29 is 5.11 Å². The van der Waals surface area contributed by atoms with Crippen LogP contribution >= 0.6 is 15.9 Å². The van der Waals surface area contributed by atoms with Gasteiger partial charge in [-0.25, -0.2) is 0 Å². The van der Waals surface area contributed by atoms with E-state index in [2.05, 4.69) is 27.8 Å². The molecule has 0 spiro atoms. The van der Waals surface area contributed by atoms with Crippen molar-refractivity contribution in [2.45, 2.75) is 38.7 Å². The Labute approximate surface area is 106 Å². The number of unbranched alkanes of at least 4 members (excludes halogenated alkanes) is 2.